The summed E-state index contributed by atoms with van der Waals surface area (Å²) in [5, 5.41) is 3.53. The zero-order valence-corrected chi connectivity index (χ0v) is 6.34. The Morgan fingerprint density at radius 1 is 0.900 bits per heavy atom. The van der Waals surface area contributed by atoms with Crippen molar-refractivity contribution in [3.05, 3.63) is 0 Å². The molecule has 2 bridgehead atoms. The lowest BCUT2D eigenvalue weighted by Gasteiger charge is -2.22. The van der Waals surface area contributed by atoms with E-state index in [4.69, 9.17) is 0 Å². The number of hydrogen-bond donors (Lipinski definition) is 1. The van der Waals surface area contributed by atoms with Crippen LogP contribution in [-0.2, 0) is 0 Å². The first-order valence-corrected chi connectivity index (χ1v) is 4.66. The average Bonchev–Trinajstić information content (AvgIpc) is 2.60. The van der Waals surface area contributed by atoms with E-state index in [0.717, 1.165) is 23.7 Å². The SMILES string of the molecule is C1C[C@H]2C[C@@H]1[C@H]1CNC[C@H]21. The van der Waals surface area contributed by atoms with Crippen LogP contribution >= 0.6 is 0 Å². The van der Waals surface area contributed by atoms with Gasteiger partial charge in [-0.1, -0.05) is 0 Å². The maximum Gasteiger partial charge on any atom is -0.00145 e. The van der Waals surface area contributed by atoms with Gasteiger partial charge in [-0.2, -0.15) is 0 Å². The van der Waals surface area contributed by atoms with E-state index in [9.17, 15) is 0 Å². The van der Waals surface area contributed by atoms with Crippen LogP contribution in [0.15, 0.2) is 0 Å². The van der Waals surface area contributed by atoms with Gasteiger partial charge in [0.25, 0.3) is 0 Å². The lowest BCUT2D eigenvalue weighted by molar-refractivity contribution is 0.281. The van der Waals surface area contributed by atoms with Crippen LogP contribution in [-0.4, -0.2) is 13.1 Å². The predicted molar refractivity (Wildman–Crippen MR) is 40.7 cm³/mol. The van der Waals surface area contributed by atoms with Gasteiger partial charge in [-0.15, -0.1) is 0 Å². The van der Waals surface area contributed by atoms with Crippen molar-refractivity contribution in [3.8, 4) is 0 Å². The first-order chi connectivity index (χ1) is 4.95. The van der Waals surface area contributed by atoms with E-state index in [1.807, 2.05) is 0 Å². The molecule has 10 heavy (non-hydrogen) atoms. The van der Waals surface area contributed by atoms with Crippen LogP contribution in [0.3, 0.4) is 0 Å². The van der Waals surface area contributed by atoms with E-state index >= 15 is 0 Å². The third kappa shape index (κ3) is 0.531. The number of nitrogens with one attached hydrogen (secondary N) is 1. The summed E-state index contributed by atoms with van der Waals surface area (Å²) in [4.78, 5) is 0. The highest BCUT2D eigenvalue weighted by Crippen LogP contribution is 2.53. The van der Waals surface area contributed by atoms with Crippen LogP contribution in [0.2, 0.25) is 0 Å². The monoisotopic (exact) mass is 137 g/mol. The highest BCUT2D eigenvalue weighted by molar-refractivity contribution is 5.00. The molecule has 0 aromatic carbocycles. The van der Waals surface area contributed by atoms with Crippen molar-refractivity contribution in [2.75, 3.05) is 13.1 Å². The summed E-state index contributed by atoms with van der Waals surface area (Å²) in [5.41, 5.74) is 0. The molecule has 1 aliphatic heterocycles. The molecule has 0 unspecified atom stereocenters. The molecule has 0 spiro atoms. The van der Waals surface area contributed by atoms with Gasteiger partial charge in [0.05, 0.1) is 0 Å². The second-order valence-electron chi connectivity index (χ2n) is 4.32. The van der Waals surface area contributed by atoms with Crippen molar-refractivity contribution in [2.24, 2.45) is 23.7 Å². The Balaban J connectivity index is 1.92. The van der Waals surface area contributed by atoms with Crippen LogP contribution in [0.5, 0.6) is 0 Å². The van der Waals surface area contributed by atoms with Gasteiger partial charge in [-0.25, -0.2) is 0 Å². The van der Waals surface area contributed by atoms with Gasteiger partial charge in [0.15, 0.2) is 0 Å². The second-order valence-corrected chi connectivity index (χ2v) is 4.32. The molecule has 0 radical (unpaired) electrons. The minimum Gasteiger partial charge on any atom is -0.316 e. The summed E-state index contributed by atoms with van der Waals surface area (Å²) in [6, 6.07) is 0. The van der Waals surface area contributed by atoms with Crippen molar-refractivity contribution in [1.82, 2.24) is 5.32 Å². The zero-order valence-electron chi connectivity index (χ0n) is 6.34. The molecule has 4 atom stereocenters. The molecule has 1 saturated heterocycles. The molecule has 56 valence electrons. The van der Waals surface area contributed by atoms with E-state index in [0.29, 0.717) is 0 Å². The predicted octanol–water partition coefficient (Wildman–Crippen LogP) is 1.25. The molecular formula is C9H15N. The topological polar surface area (TPSA) is 12.0 Å². The molecule has 2 saturated carbocycles. The highest BCUT2D eigenvalue weighted by Gasteiger charge is 2.48. The molecule has 2 aliphatic carbocycles. The molecular weight excluding hydrogens is 122 g/mol. The highest BCUT2D eigenvalue weighted by atomic mass is 14.9. The van der Waals surface area contributed by atoms with Crippen LogP contribution < -0.4 is 5.32 Å². The fourth-order valence-corrected chi connectivity index (χ4v) is 3.58. The quantitative estimate of drug-likeness (QED) is 0.530. The van der Waals surface area contributed by atoms with E-state index in [-0.39, 0.29) is 0 Å². The molecule has 3 fully saturated rings. The Kier molecular flexibility index (Phi) is 0.984. The Bertz CT molecular complexity index is 139. The van der Waals surface area contributed by atoms with Crippen molar-refractivity contribution < 1.29 is 0 Å². The largest absolute Gasteiger partial charge is 0.316 e. The Labute approximate surface area is 62.2 Å². The van der Waals surface area contributed by atoms with Crippen molar-refractivity contribution >= 4 is 0 Å². The van der Waals surface area contributed by atoms with Crippen molar-refractivity contribution in [2.45, 2.75) is 19.3 Å². The zero-order chi connectivity index (χ0) is 6.55. The summed E-state index contributed by atoms with van der Waals surface area (Å²) in [7, 11) is 0. The number of fused-ring (bicyclic) bond motifs is 5. The molecule has 1 heterocycles. The van der Waals surface area contributed by atoms with E-state index in [1.165, 1.54) is 13.1 Å². The van der Waals surface area contributed by atoms with Gasteiger partial charge in [0, 0.05) is 0 Å². The molecule has 3 rings (SSSR count). The normalized spacial score (nSPS) is 57.6. The Hall–Kier alpha value is -0.0400. The van der Waals surface area contributed by atoms with Crippen LogP contribution in [0, 0.1) is 23.7 Å². The fraction of sp³-hybridized carbons (Fsp3) is 1.00. The smallest absolute Gasteiger partial charge is 0.00145 e. The maximum absolute atomic E-state index is 3.53. The summed E-state index contributed by atoms with van der Waals surface area (Å²) in [6.07, 6.45) is 4.68. The molecule has 1 heteroatoms. The van der Waals surface area contributed by atoms with Gasteiger partial charge in [-0.05, 0) is 56.0 Å². The molecule has 1 N–H and O–H groups in total. The summed E-state index contributed by atoms with van der Waals surface area (Å²) in [5.74, 6) is 4.45. The van der Waals surface area contributed by atoms with E-state index in [1.54, 1.807) is 19.3 Å². The molecule has 1 nitrogen and oxygen atoms in total. The third-order valence-electron chi connectivity index (χ3n) is 4.03. The molecule has 0 aromatic rings. The maximum atomic E-state index is 3.53. The summed E-state index contributed by atoms with van der Waals surface area (Å²) < 4.78 is 0. The van der Waals surface area contributed by atoms with E-state index < -0.39 is 0 Å². The lowest BCUT2D eigenvalue weighted by atomic mass is 9.82. The fourth-order valence-electron chi connectivity index (χ4n) is 3.58. The average molecular weight is 137 g/mol. The summed E-state index contributed by atoms with van der Waals surface area (Å²) >= 11 is 0. The van der Waals surface area contributed by atoms with Gasteiger partial charge in [0.1, 0.15) is 0 Å². The van der Waals surface area contributed by atoms with E-state index in [2.05, 4.69) is 5.32 Å². The molecule has 0 aromatic heterocycles. The van der Waals surface area contributed by atoms with Crippen molar-refractivity contribution in [3.63, 3.8) is 0 Å². The van der Waals surface area contributed by atoms with Crippen LogP contribution in [0.4, 0.5) is 0 Å². The summed E-state index contributed by atoms with van der Waals surface area (Å²) in [6.45, 7) is 2.68. The van der Waals surface area contributed by atoms with Crippen molar-refractivity contribution in [1.29, 1.82) is 0 Å². The minimum atomic E-state index is 1.10. The third-order valence-corrected chi connectivity index (χ3v) is 4.03. The van der Waals surface area contributed by atoms with Gasteiger partial charge in [0.2, 0.25) is 0 Å². The van der Waals surface area contributed by atoms with Gasteiger partial charge in [-0.3, -0.25) is 0 Å². The Morgan fingerprint density at radius 2 is 1.50 bits per heavy atom. The minimum absolute atomic E-state index is 1.10. The van der Waals surface area contributed by atoms with Crippen LogP contribution in [0.1, 0.15) is 19.3 Å². The van der Waals surface area contributed by atoms with Gasteiger partial charge < -0.3 is 5.32 Å². The lowest BCUT2D eigenvalue weighted by Crippen LogP contribution is -2.19. The van der Waals surface area contributed by atoms with Crippen LogP contribution in [0.25, 0.3) is 0 Å². The standard InChI is InChI=1S/C9H15N/c1-2-7-3-6(1)8-4-10-5-9(7)8/h6-10H,1-5H2/t6-,7+,8-,9-/m1/s1. The number of rotatable bonds is 0. The second kappa shape index (κ2) is 1.76. The number of hydrogen-bond acceptors (Lipinski definition) is 1. The first kappa shape index (κ1) is 5.59. The molecule has 3 aliphatic rings. The molecule has 0 amide bonds. The first-order valence-electron chi connectivity index (χ1n) is 4.66. The van der Waals surface area contributed by atoms with Gasteiger partial charge >= 0.3 is 0 Å². The Morgan fingerprint density at radius 3 is 2.10 bits per heavy atom.